The average molecular weight is 356 g/mol. The number of rotatable bonds is 5. The first-order chi connectivity index (χ1) is 11.7. The van der Waals surface area contributed by atoms with Gasteiger partial charge in [0.2, 0.25) is 0 Å². The van der Waals surface area contributed by atoms with Crippen LogP contribution in [0.1, 0.15) is 20.8 Å². The summed E-state index contributed by atoms with van der Waals surface area (Å²) in [7, 11) is 0. The number of carbonyl (C=O) groups excluding carboxylic acids is 1. The Morgan fingerprint density at radius 2 is 1.75 bits per heavy atom. The molecule has 0 saturated carbocycles. The van der Waals surface area contributed by atoms with Crippen LogP contribution in [0.3, 0.4) is 0 Å². The minimum Gasteiger partial charge on any atom is -0.312 e. The molecule has 0 bridgehead atoms. The summed E-state index contributed by atoms with van der Waals surface area (Å²) in [5, 5.41) is 6.64. The predicted molar refractivity (Wildman–Crippen MR) is 97.9 cm³/mol. The zero-order chi connectivity index (χ0) is 16.8. The zero-order valence-electron chi connectivity index (χ0n) is 12.7. The van der Waals surface area contributed by atoms with Gasteiger partial charge in [-0.25, -0.2) is 4.79 Å². The van der Waals surface area contributed by atoms with E-state index >= 15 is 0 Å². The van der Waals surface area contributed by atoms with Gasteiger partial charge < -0.3 is 4.84 Å². The van der Waals surface area contributed by atoms with Gasteiger partial charge in [0, 0.05) is 11.4 Å². The molecule has 3 rings (SSSR count). The summed E-state index contributed by atoms with van der Waals surface area (Å²) in [6.45, 7) is 0. The van der Waals surface area contributed by atoms with Crippen LogP contribution in [-0.2, 0) is 11.3 Å². The van der Waals surface area contributed by atoms with Crippen LogP contribution >= 0.6 is 22.9 Å². The van der Waals surface area contributed by atoms with Crippen LogP contribution in [0, 0.1) is 0 Å². The number of oxime groups is 1. The van der Waals surface area contributed by atoms with Gasteiger partial charge in [-0.2, -0.15) is 0 Å². The summed E-state index contributed by atoms with van der Waals surface area (Å²) < 4.78 is 0. The first-order valence-corrected chi connectivity index (χ1v) is 8.60. The van der Waals surface area contributed by atoms with E-state index in [0.29, 0.717) is 17.0 Å². The van der Waals surface area contributed by atoms with Gasteiger partial charge in [0.1, 0.15) is 5.71 Å². The molecule has 0 fully saturated rings. The average Bonchev–Trinajstić information content (AvgIpc) is 3.14. The molecule has 0 N–H and O–H groups in total. The number of hydrogen-bond acceptors (Lipinski definition) is 4. The maximum atomic E-state index is 12.1. The summed E-state index contributed by atoms with van der Waals surface area (Å²) in [5.74, 6) is -0.506. The molecule has 24 heavy (non-hydrogen) atoms. The van der Waals surface area contributed by atoms with Crippen molar-refractivity contribution in [2.75, 3.05) is 0 Å². The molecule has 0 aliphatic carbocycles. The highest BCUT2D eigenvalue weighted by atomic mass is 35.5. The number of hydrogen-bond donors (Lipinski definition) is 0. The smallest absolute Gasteiger partial charge is 0.312 e. The van der Waals surface area contributed by atoms with Crippen LogP contribution in [0.25, 0.3) is 0 Å². The van der Waals surface area contributed by atoms with Crippen LogP contribution in [0.2, 0.25) is 5.02 Å². The molecule has 0 aliphatic rings. The van der Waals surface area contributed by atoms with E-state index in [0.717, 1.165) is 16.2 Å². The summed E-state index contributed by atoms with van der Waals surface area (Å²) in [6.07, 6.45) is 0.593. The van der Waals surface area contributed by atoms with Crippen LogP contribution in [0.15, 0.2) is 77.3 Å². The topological polar surface area (TPSA) is 38.7 Å². The van der Waals surface area contributed by atoms with Gasteiger partial charge in [-0.3, -0.25) is 0 Å². The van der Waals surface area contributed by atoms with E-state index in [1.165, 1.54) is 0 Å². The lowest BCUT2D eigenvalue weighted by Gasteiger charge is -2.05. The summed E-state index contributed by atoms with van der Waals surface area (Å²) in [5.41, 5.74) is 2.24. The molecule has 0 aliphatic heterocycles. The first kappa shape index (κ1) is 16.4. The largest absolute Gasteiger partial charge is 0.365 e. The minimum absolute atomic E-state index is 0.411. The summed E-state index contributed by atoms with van der Waals surface area (Å²) in [4.78, 5) is 18.2. The lowest BCUT2D eigenvalue weighted by molar-refractivity contribution is 0.0516. The Balaban J connectivity index is 1.79. The first-order valence-electron chi connectivity index (χ1n) is 7.34. The monoisotopic (exact) mass is 355 g/mol. The lowest BCUT2D eigenvalue weighted by Crippen LogP contribution is -2.08. The Bertz CT molecular complexity index is 828. The number of carbonyl (C=O) groups is 1. The van der Waals surface area contributed by atoms with E-state index in [2.05, 4.69) is 5.16 Å². The predicted octanol–water partition coefficient (Wildman–Crippen LogP) is 5.21. The van der Waals surface area contributed by atoms with E-state index in [9.17, 15) is 4.79 Å². The van der Waals surface area contributed by atoms with Crippen LogP contribution in [0.4, 0.5) is 0 Å². The standard InChI is InChI=1S/C19H14ClNO2S/c20-16-10-8-15(9-11-16)19(22)23-21-17(18-7-4-12-24-18)13-14-5-2-1-3-6-14/h1-12H,13H2/b21-17+. The molecule has 5 heteroatoms. The fourth-order valence-corrected chi connectivity index (χ4v) is 2.96. The molecular weight excluding hydrogens is 342 g/mol. The van der Waals surface area contributed by atoms with Crippen molar-refractivity contribution in [1.29, 1.82) is 0 Å². The van der Waals surface area contributed by atoms with Crippen molar-refractivity contribution in [3.8, 4) is 0 Å². The molecule has 120 valence electrons. The number of benzene rings is 2. The Morgan fingerprint density at radius 3 is 2.42 bits per heavy atom. The van der Waals surface area contributed by atoms with Crippen molar-refractivity contribution >= 4 is 34.6 Å². The molecule has 0 amide bonds. The summed E-state index contributed by atoms with van der Waals surface area (Å²) in [6, 6.07) is 20.4. The molecule has 3 nitrogen and oxygen atoms in total. The Hall–Kier alpha value is -2.43. The van der Waals surface area contributed by atoms with E-state index in [-0.39, 0.29) is 0 Å². The third-order valence-corrected chi connectivity index (χ3v) is 4.51. The van der Waals surface area contributed by atoms with Crippen molar-refractivity contribution in [1.82, 2.24) is 0 Å². The second-order valence-electron chi connectivity index (χ2n) is 5.06. The van der Waals surface area contributed by atoms with Gasteiger partial charge in [-0.1, -0.05) is 53.2 Å². The number of thiophene rings is 1. The molecule has 0 radical (unpaired) electrons. The fraction of sp³-hybridized carbons (Fsp3) is 0.0526. The highest BCUT2D eigenvalue weighted by Gasteiger charge is 2.11. The number of halogens is 1. The third-order valence-electron chi connectivity index (χ3n) is 3.34. The van der Waals surface area contributed by atoms with Crippen LogP contribution < -0.4 is 0 Å². The van der Waals surface area contributed by atoms with Crippen molar-refractivity contribution < 1.29 is 9.63 Å². The van der Waals surface area contributed by atoms with E-state index in [1.54, 1.807) is 35.6 Å². The Labute approximate surface area is 149 Å². The highest BCUT2D eigenvalue weighted by Crippen LogP contribution is 2.15. The molecular formula is C19H14ClNO2S. The lowest BCUT2D eigenvalue weighted by atomic mass is 10.1. The quantitative estimate of drug-likeness (QED) is 0.358. The minimum atomic E-state index is -0.506. The number of nitrogens with zero attached hydrogens (tertiary/aromatic N) is 1. The maximum Gasteiger partial charge on any atom is 0.365 e. The fourth-order valence-electron chi connectivity index (χ4n) is 2.13. The van der Waals surface area contributed by atoms with E-state index in [1.807, 2.05) is 47.8 Å². The van der Waals surface area contributed by atoms with Crippen molar-refractivity contribution in [2.24, 2.45) is 5.16 Å². The molecule has 2 aromatic carbocycles. The van der Waals surface area contributed by atoms with Gasteiger partial charge in [0.05, 0.1) is 10.4 Å². The molecule has 0 unspecified atom stereocenters. The van der Waals surface area contributed by atoms with Gasteiger partial charge in [-0.15, -0.1) is 11.3 Å². The maximum absolute atomic E-state index is 12.1. The molecule has 1 heterocycles. The Morgan fingerprint density at radius 1 is 1.00 bits per heavy atom. The van der Waals surface area contributed by atoms with Gasteiger partial charge in [0.25, 0.3) is 0 Å². The Kier molecular flexibility index (Phi) is 5.41. The third kappa shape index (κ3) is 4.31. The second-order valence-corrected chi connectivity index (χ2v) is 6.45. The van der Waals surface area contributed by atoms with Crippen molar-refractivity contribution in [3.05, 3.63) is 93.1 Å². The van der Waals surface area contributed by atoms with E-state index in [4.69, 9.17) is 16.4 Å². The normalized spacial score (nSPS) is 11.3. The second kappa shape index (κ2) is 7.90. The van der Waals surface area contributed by atoms with Crippen molar-refractivity contribution in [2.45, 2.75) is 6.42 Å². The van der Waals surface area contributed by atoms with Crippen LogP contribution in [0.5, 0.6) is 0 Å². The summed E-state index contributed by atoms with van der Waals surface area (Å²) >= 11 is 7.38. The molecule has 0 spiro atoms. The van der Waals surface area contributed by atoms with E-state index < -0.39 is 5.97 Å². The molecule has 0 atom stereocenters. The van der Waals surface area contributed by atoms with Gasteiger partial charge in [-0.05, 0) is 41.3 Å². The highest BCUT2D eigenvalue weighted by molar-refractivity contribution is 7.12. The van der Waals surface area contributed by atoms with Gasteiger partial charge in [0.15, 0.2) is 0 Å². The van der Waals surface area contributed by atoms with Crippen LogP contribution in [-0.4, -0.2) is 11.7 Å². The zero-order valence-corrected chi connectivity index (χ0v) is 14.3. The molecule has 0 saturated heterocycles. The molecule has 3 aromatic rings. The molecule has 1 aromatic heterocycles. The van der Waals surface area contributed by atoms with Crippen molar-refractivity contribution in [3.63, 3.8) is 0 Å². The SMILES string of the molecule is O=C(O/N=C(\Cc1ccccc1)c1cccs1)c1ccc(Cl)cc1. The van der Waals surface area contributed by atoms with Gasteiger partial charge >= 0.3 is 5.97 Å².